The fourth-order valence-corrected chi connectivity index (χ4v) is 3.48. The van der Waals surface area contributed by atoms with E-state index in [-0.39, 0.29) is 21.6 Å². The fraction of sp³-hybridized carbons (Fsp3) is 0.235. The SMILES string of the molecule is Cc1ccc(C(=O)[C@H](C)Sc2nnc3c(Cl)cc(C(F)(F)F)cn23)cc1. The summed E-state index contributed by atoms with van der Waals surface area (Å²) in [6, 6.07) is 7.89. The predicted octanol–water partition coefficient (Wildman–Crippen LogP) is 5.07. The highest BCUT2D eigenvalue weighted by Crippen LogP contribution is 2.34. The average molecular weight is 400 g/mol. The average Bonchev–Trinajstić information content (AvgIpc) is 2.97. The zero-order valence-corrected chi connectivity index (χ0v) is 15.3. The molecule has 0 radical (unpaired) electrons. The lowest BCUT2D eigenvalue weighted by molar-refractivity contribution is -0.137. The number of carbonyl (C=O) groups excluding carboxylic acids is 1. The van der Waals surface area contributed by atoms with Crippen LogP contribution in [0.25, 0.3) is 5.65 Å². The third-order valence-corrected chi connectivity index (χ3v) is 5.08. The number of alkyl halides is 3. The summed E-state index contributed by atoms with van der Waals surface area (Å²) in [7, 11) is 0. The first-order valence-electron chi connectivity index (χ1n) is 7.56. The van der Waals surface area contributed by atoms with Crippen molar-refractivity contribution in [2.45, 2.75) is 30.4 Å². The molecule has 136 valence electrons. The number of rotatable bonds is 4. The van der Waals surface area contributed by atoms with E-state index >= 15 is 0 Å². The Morgan fingerprint density at radius 3 is 2.50 bits per heavy atom. The van der Waals surface area contributed by atoms with Crippen LogP contribution in [0.4, 0.5) is 13.2 Å². The smallest absolute Gasteiger partial charge is 0.293 e. The Hall–Kier alpha value is -2.06. The second-order valence-corrected chi connectivity index (χ2v) is 7.46. The molecule has 0 spiro atoms. The standard InChI is InChI=1S/C17H13ClF3N3OS/c1-9-3-5-11(6-4-9)14(25)10(2)26-16-23-22-15-13(18)7-12(8-24(15)16)17(19,20)21/h3-8,10H,1-2H3/t10-/m0/s1. The fourth-order valence-electron chi connectivity index (χ4n) is 2.33. The zero-order chi connectivity index (χ0) is 19.1. The summed E-state index contributed by atoms with van der Waals surface area (Å²) in [6.07, 6.45) is -3.67. The number of hydrogen-bond acceptors (Lipinski definition) is 4. The van der Waals surface area contributed by atoms with Crippen molar-refractivity contribution in [3.63, 3.8) is 0 Å². The van der Waals surface area contributed by atoms with Gasteiger partial charge in [0.25, 0.3) is 0 Å². The number of halogens is 4. The molecular weight excluding hydrogens is 387 g/mol. The number of hydrogen-bond donors (Lipinski definition) is 0. The number of pyridine rings is 1. The molecule has 0 aliphatic carbocycles. The second-order valence-electron chi connectivity index (χ2n) is 5.74. The van der Waals surface area contributed by atoms with Crippen molar-refractivity contribution in [3.05, 3.63) is 58.2 Å². The Labute approximate surface area is 156 Å². The maximum atomic E-state index is 13.0. The molecule has 26 heavy (non-hydrogen) atoms. The van der Waals surface area contributed by atoms with Gasteiger partial charge in [-0.25, -0.2) is 0 Å². The number of aromatic nitrogens is 3. The lowest BCUT2D eigenvalue weighted by Gasteiger charge is -2.11. The largest absolute Gasteiger partial charge is 0.417 e. The van der Waals surface area contributed by atoms with E-state index in [0.717, 1.165) is 34.0 Å². The van der Waals surface area contributed by atoms with E-state index in [4.69, 9.17) is 11.6 Å². The first kappa shape index (κ1) is 18.7. The monoisotopic (exact) mass is 399 g/mol. The number of carbonyl (C=O) groups is 1. The van der Waals surface area contributed by atoms with E-state index in [0.29, 0.717) is 5.56 Å². The molecule has 0 aliphatic heterocycles. The summed E-state index contributed by atoms with van der Waals surface area (Å²) in [4.78, 5) is 12.5. The van der Waals surface area contributed by atoms with Gasteiger partial charge in [-0.05, 0) is 19.9 Å². The summed E-state index contributed by atoms with van der Waals surface area (Å²) in [6.45, 7) is 3.58. The number of nitrogens with zero attached hydrogens (tertiary/aromatic N) is 3. The van der Waals surface area contributed by atoms with Crippen LogP contribution in [0.2, 0.25) is 5.02 Å². The van der Waals surface area contributed by atoms with Gasteiger partial charge < -0.3 is 0 Å². The van der Waals surface area contributed by atoms with Crippen LogP contribution < -0.4 is 0 Å². The van der Waals surface area contributed by atoms with Gasteiger partial charge in [-0.3, -0.25) is 9.20 Å². The molecule has 0 saturated heterocycles. The number of aryl methyl sites for hydroxylation is 1. The number of ketones is 1. The van der Waals surface area contributed by atoms with E-state index in [1.807, 2.05) is 19.1 Å². The van der Waals surface area contributed by atoms with Crippen molar-refractivity contribution < 1.29 is 18.0 Å². The van der Waals surface area contributed by atoms with Crippen LogP contribution in [0.3, 0.4) is 0 Å². The van der Waals surface area contributed by atoms with Gasteiger partial charge in [0, 0.05) is 11.8 Å². The van der Waals surface area contributed by atoms with E-state index in [1.54, 1.807) is 19.1 Å². The molecule has 4 nitrogen and oxygen atoms in total. The highest BCUT2D eigenvalue weighted by molar-refractivity contribution is 8.00. The normalized spacial score (nSPS) is 13.2. The molecule has 9 heteroatoms. The molecule has 3 rings (SSSR count). The lowest BCUT2D eigenvalue weighted by atomic mass is 10.1. The summed E-state index contributed by atoms with van der Waals surface area (Å²) in [5.74, 6) is -0.148. The van der Waals surface area contributed by atoms with Crippen LogP contribution in [-0.2, 0) is 6.18 Å². The van der Waals surface area contributed by atoms with Crippen molar-refractivity contribution in [1.82, 2.24) is 14.6 Å². The highest BCUT2D eigenvalue weighted by atomic mass is 35.5. The first-order chi connectivity index (χ1) is 12.2. The number of benzene rings is 1. The Balaban J connectivity index is 1.92. The summed E-state index contributed by atoms with van der Waals surface area (Å²) in [5.41, 5.74) is 0.754. The predicted molar refractivity (Wildman–Crippen MR) is 93.8 cm³/mol. The molecule has 0 unspecified atom stereocenters. The Kier molecular flexibility index (Phi) is 4.98. The minimum absolute atomic E-state index is 0.108. The van der Waals surface area contributed by atoms with Crippen LogP contribution in [0.5, 0.6) is 0 Å². The highest BCUT2D eigenvalue weighted by Gasteiger charge is 2.32. The molecular formula is C17H13ClF3N3OS. The molecule has 0 aliphatic rings. The Morgan fingerprint density at radius 1 is 1.23 bits per heavy atom. The van der Waals surface area contributed by atoms with Crippen LogP contribution in [0.1, 0.15) is 28.4 Å². The van der Waals surface area contributed by atoms with Gasteiger partial charge in [-0.1, -0.05) is 53.2 Å². The van der Waals surface area contributed by atoms with Crippen LogP contribution in [-0.4, -0.2) is 25.6 Å². The molecule has 1 atom stereocenters. The quantitative estimate of drug-likeness (QED) is 0.453. The summed E-state index contributed by atoms with van der Waals surface area (Å²) < 4.78 is 40.2. The van der Waals surface area contributed by atoms with Gasteiger partial charge in [-0.15, -0.1) is 10.2 Å². The Bertz CT molecular complexity index is 970. The molecule has 1 aromatic carbocycles. The van der Waals surface area contributed by atoms with Crippen LogP contribution in [0.15, 0.2) is 41.7 Å². The topological polar surface area (TPSA) is 47.3 Å². The maximum absolute atomic E-state index is 13.0. The molecule has 2 aromatic heterocycles. The molecule has 0 saturated carbocycles. The van der Waals surface area contributed by atoms with Gasteiger partial charge in [-0.2, -0.15) is 13.2 Å². The summed E-state index contributed by atoms with van der Waals surface area (Å²) in [5, 5.41) is 7.16. The van der Waals surface area contributed by atoms with E-state index in [9.17, 15) is 18.0 Å². The van der Waals surface area contributed by atoms with Crippen molar-refractivity contribution in [2.75, 3.05) is 0 Å². The third-order valence-electron chi connectivity index (χ3n) is 3.74. The number of thioether (sulfide) groups is 1. The van der Waals surface area contributed by atoms with Crippen molar-refractivity contribution in [1.29, 1.82) is 0 Å². The van der Waals surface area contributed by atoms with Crippen LogP contribution in [0, 0.1) is 6.92 Å². The number of Topliss-reactive ketones (excluding diaryl/α,β-unsaturated/α-hetero) is 1. The second kappa shape index (κ2) is 6.92. The van der Waals surface area contributed by atoms with Crippen molar-refractivity contribution >= 4 is 34.8 Å². The molecule has 0 N–H and O–H groups in total. The van der Waals surface area contributed by atoms with Gasteiger partial charge in [0.1, 0.15) is 0 Å². The Morgan fingerprint density at radius 2 is 1.88 bits per heavy atom. The number of fused-ring (bicyclic) bond motifs is 1. The first-order valence-corrected chi connectivity index (χ1v) is 8.81. The van der Waals surface area contributed by atoms with Crippen LogP contribution >= 0.6 is 23.4 Å². The van der Waals surface area contributed by atoms with E-state index < -0.39 is 17.0 Å². The van der Waals surface area contributed by atoms with E-state index in [2.05, 4.69) is 10.2 Å². The molecule has 3 aromatic rings. The van der Waals surface area contributed by atoms with Gasteiger partial charge in [0.2, 0.25) is 0 Å². The van der Waals surface area contributed by atoms with Crippen molar-refractivity contribution in [2.24, 2.45) is 0 Å². The van der Waals surface area contributed by atoms with Gasteiger partial charge in [0.05, 0.1) is 15.8 Å². The lowest BCUT2D eigenvalue weighted by Crippen LogP contribution is -2.14. The molecule has 0 amide bonds. The van der Waals surface area contributed by atoms with Gasteiger partial charge >= 0.3 is 6.18 Å². The minimum atomic E-state index is -4.55. The summed E-state index contributed by atoms with van der Waals surface area (Å²) >= 11 is 6.92. The maximum Gasteiger partial charge on any atom is 0.417 e. The third kappa shape index (κ3) is 3.71. The molecule has 2 heterocycles. The van der Waals surface area contributed by atoms with Crippen molar-refractivity contribution in [3.8, 4) is 0 Å². The molecule has 0 fully saturated rings. The van der Waals surface area contributed by atoms with Gasteiger partial charge in [0.15, 0.2) is 16.6 Å². The molecule has 0 bridgehead atoms. The zero-order valence-electron chi connectivity index (χ0n) is 13.7. The minimum Gasteiger partial charge on any atom is -0.293 e. The van der Waals surface area contributed by atoms with E-state index in [1.165, 1.54) is 0 Å².